The number of halogens is 1. The van der Waals surface area contributed by atoms with Crippen LogP contribution in [0.1, 0.15) is 5.56 Å². The lowest BCUT2D eigenvalue weighted by Gasteiger charge is -2.32. The summed E-state index contributed by atoms with van der Waals surface area (Å²) in [5.74, 6) is -0.194. The highest BCUT2D eigenvalue weighted by atomic mass is 19.1. The minimum Gasteiger partial charge on any atom is -0.328 e. The monoisotopic (exact) mass is 364 g/mol. The maximum absolute atomic E-state index is 13.3. The van der Waals surface area contributed by atoms with E-state index in [1.54, 1.807) is 12.1 Å². The van der Waals surface area contributed by atoms with Crippen molar-refractivity contribution in [3.63, 3.8) is 0 Å². The van der Waals surface area contributed by atoms with Crippen molar-refractivity contribution in [3.05, 3.63) is 78.1 Å². The van der Waals surface area contributed by atoms with Gasteiger partial charge in [0.15, 0.2) is 0 Å². The first-order valence-corrected chi connectivity index (χ1v) is 9.31. The average molecular weight is 364 g/mol. The predicted molar refractivity (Wildman–Crippen MR) is 105 cm³/mol. The van der Waals surface area contributed by atoms with Gasteiger partial charge in [0.25, 0.3) is 0 Å². The number of carbonyl (C=O) groups excluding carboxylic acids is 1. The van der Waals surface area contributed by atoms with E-state index in [4.69, 9.17) is 0 Å². The summed E-state index contributed by atoms with van der Waals surface area (Å²) >= 11 is 0. The lowest BCUT2D eigenvalue weighted by atomic mass is 10.1. The van der Waals surface area contributed by atoms with E-state index in [0.29, 0.717) is 13.1 Å². The van der Waals surface area contributed by atoms with Crippen LogP contribution in [0.2, 0.25) is 0 Å². The number of quaternary nitrogens is 1. The third-order valence-electron chi connectivity index (χ3n) is 5.13. The van der Waals surface area contributed by atoms with Crippen molar-refractivity contribution < 1.29 is 14.1 Å². The second kappa shape index (κ2) is 7.76. The summed E-state index contributed by atoms with van der Waals surface area (Å²) in [6, 6.07) is 20.7. The average Bonchev–Trinajstić information content (AvgIpc) is 2.69. The van der Waals surface area contributed by atoms with Crippen LogP contribution >= 0.6 is 0 Å². The number of benzene rings is 3. The number of hydrogen-bond donors (Lipinski definition) is 2. The smallest absolute Gasteiger partial charge is 0.322 e. The predicted octanol–water partition coefficient (Wildman–Crippen LogP) is 2.91. The molecule has 3 aromatic carbocycles. The number of hydrogen-bond acceptors (Lipinski definition) is 1. The van der Waals surface area contributed by atoms with Crippen molar-refractivity contribution in [1.82, 2.24) is 4.90 Å². The van der Waals surface area contributed by atoms with Gasteiger partial charge in [0.1, 0.15) is 12.4 Å². The Labute approximate surface area is 158 Å². The highest BCUT2D eigenvalue weighted by Crippen LogP contribution is 2.23. The van der Waals surface area contributed by atoms with Gasteiger partial charge >= 0.3 is 6.03 Å². The summed E-state index contributed by atoms with van der Waals surface area (Å²) in [6.45, 7) is 3.90. The lowest BCUT2D eigenvalue weighted by molar-refractivity contribution is -0.917. The number of nitrogens with zero attached hydrogens (tertiary/aromatic N) is 1. The molecule has 0 saturated carbocycles. The molecule has 0 aromatic heterocycles. The van der Waals surface area contributed by atoms with Crippen LogP contribution in [-0.2, 0) is 6.54 Å². The molecule has 0 spiro atoms. The number of nitrogens with one attached hydrogen (secondary N) is 2. The van der Waals surface area contributed by atoms with E-state index < -0.39 is 0 Å². The molecule has 1 aliphatic heterocycles. The molecule has 2 N–H and O–H groups in total. The van der Waals surface area contributed by atoms with Crippen molar-refractivity contribution in [3.8, 4) is 0 Å². The highest BCUT2D eigenvalue weighted by molar-refractivity contribution is 6.01. The molecule has 1 saturated heterocycles. The van der Waals surface area contributed by atoms with Gasteiger partial charge in [0.2, 0.25) is 0 Å². The van der Waals surface area contributed by atoms with Gasteiger partial charge < -0.3 is 15.1 Å². The number of carbonyl (C=O) groups is 1. The molecule has 4 nitrogen and oxygen atoms in total. The van der Waals surface area contributed by atoms with Crippen LogP contribution in [0.3, 0.4) is 0 Å². The van der Waals surface area contributed by atoms with Gasteiger partial charge in [-0.25, -0.2) is 9.18 Å². The lowest BCUT2D eigenvalue weighted by Crippen LogP contribution is -3.13. The molecule has 0 aliphatic carbocycles. The van der Waals surface area contributed by atoms with Crippen LogP contribution in [0.5, 0.6) is 0 Å². The van der Waals surface area contributed by atoms with E-state index >= 15 is 0 Å². The maximum atomic E-state index is 13.3. The summed E-state index contributed by atoms with van der Waals surface area (Å²) < 4.78 is 13.3. The fourth-order valence-corrected chi connectivity index (χ4v) is 3.67. The van der Waals surface area contributed by atoms with E-state index in [1.807, 2.05) is 53.4 Å². The topological polar surface area (TPSA) is 36.8 Å². The molecule has 0 bridgehead atoms. The molecule has 138 valence electrons. The first-order chi connectivity index (χ1) is 13.2. The zero-order valence-corrected chi connectivity index (χ0v) is 15.1. The third kappa shape index (κ3) is 4.09. The Morgan fingerprint density at radius 3 is 2.56 bits per heavy atom. The molecule has 1 fully saturated rings. The van der Waals surface area contributed by atoms with Crippen molar-refractivity contribution >= 4 is 22.5 Å². The SMILES string of the molecule is O=C(Nc1cccc2ccccc12)N1CC[NH+](Cc2cccc(F)c2)CC1. The van der Waals surface area contributed by atoms with Crippen molar-refractivity contribution in [2.24, 2.45) is 0 Å². The third-order valence-corrected chi connectivity index (χ3v) is 5.13. The summed E-state index contributed by atoms with van der Waals surface area (Å²) in [5, 5.41) is 5.21. The van der Waals surface area contributed by atoms with Crippen LogP contribution in [-0.4, -0.2) is 37.1 Å². The van der Waals surface area contributed by atoms with Crippen molar-refractivity contribution in [2.75, 3.05) is 31.5 Å². The van der Waals surface area contributed by atoms with Gasteiger partial charge in [-0.2, -0.15) is 0 Å². The molecule has 2 amide bonds. The molecule has 1 heterocycles. The standard InChI is InChI=1S/C22H22FN3O/c23-19-8-3-5-17(15-19)16-25-11-13-26(14-12-25)22(27)24-21-10-4-7-18-6-1-2-9-20(18)21/h1-10,15H,11-14,16H2,(H,24,27)/p+1. The fourth-order valence-electron chi connectivity index (χ4n) is 3.67. The number of anilines is 1. The minimum absolute atomic E-state index is 0.0591. The summed E-state index contributed by atoms with van der Waals surface area (Å²) in [7, 11) is 0. The molecule has 0 unspecified atom stereocenters. The second-order valence-corrected chi connectivity index (χ2v) is 7.00. The van der Waals surface area contributed by atoms with Gasteiger partial charge in [-0.1, -0.05) is 48.5 Å². The zero-order valence-electron chi connectivity index (χ0n) is 15.1. The van der Waals surface area contributed by atoms with Crippen LogP contribution in [0.15, 0.2) is 66.7 Å². The Bertz CT molecular complexity index is 946. The Balaban J connectivity index is 1.36. The fraction of sp³-hybridized carbons (Fsp3) is 0.227. The number of urea groups is 1. The molecule has 1 aliphatic rings. The summed E-state index contributed by atoms with van der Waals surface area (Å²) in [4.78, 5) is 15.9. The van der Waals surface area contributed by atoms with Gasteiger partial charge in [-0.3, -0.25) is 0 Å². The number of piperazine rings is 1. The minimum atomic E-state index is -0.194. The zero-order chi connectivity index (χ0) is 18.6. The molecule has 4 rings (SSSR count). The first kappa shape index (κ1) is 17.5. The van der Waals surface area contributed by atoms with Crippen molar-refractivity contribution in [2.45, 2.75) is 6.54 Å². The van der Waals surface area contributed by atoms with Gasteiger partial charge in [0.05, 0.1) is 31.9 Å². The normalized spacial score (nSPS) is 15.1. The first-order valence-electron chi connectivity index (χ1n) is 9.31. The summed E-state index contributed by atoms with van der Waals surface area (Å²) in [6.07, 6.45) is 0. The largest absolute Gasteiger partial charge is 0.328 e. The second-order valence-electron chi connectivity index (χ2n) is 7.00. The molecule has 0 radical (unpaired) electrons. The van der Waals surface area contributed by atoms with E-state index in [1.165, 1.54) is 11.0 Å². The van der Waals surface area contributed by atoms with Crippen molar-refractivity contribution in [1.29, 1.82) is 0 Å². The van der Waals surface area contributed by atoms with Crippen LogP contribution in [0, 0.1) is 5.82 Å². The summed E-state index contributed by atoms with van der Waals surface area (Å²) in [5.41, 5.74) is 1.84. The Morgan fingerprint density at radius 2 is 1.74 bits per heavy atom. The highest BCUT2D eigenvalue weighted by Gasteiger charge is 2.24. The van der Waals surface area contributed by atoms with Crippen LogP contribution in [0.25, 0.3) is 10.8 Å². The number of fused-ring (bicyclic) bond motifs is 1. The van der Waals surface area contributed by atoms with E-state index in [9.17, 15) is 9.18 Å². The van der Waals surface area contributed by atoms with Crippen LogP contribution in [0.4, 0.5) is 14.9 Å². The van der Waals surface area contributed by atoms with Gasteiger partial charge in [0, 0.05) is 10.9 Å². The quantitative estimate of drug-likeness (QED) is 0.737. The van der Waals surface area contributed by atoms with Gasteiger partial charge in [-0.05, 0) is 23.6 Å². The number of rotatable bonds is 3. The molecule has 27 heavy (non-hydrogen) atoms. The van der Waals surface area contributed by atoms with Gasteiger partial charge in [-0.15, -0.1) is 0 Å². The molecular formula is C22H23FN3O+. The number of amides is 2. The molecule has 5 heteroatoms. The Kier molecular flexibility index (Phi) is 5.03. The molecule has 3 aromatic rings. The molecular weight excluding hydrogens is 341 g/mol. The Hall–Kier alpha value is -2.92. The Morgan fingerprint density at radius 1 is 1.00 bits per heavy atom. The maximum Gasteiger partial charge on any atom is 0.322 e. The van der Waals surface area contributed by atoms with E-state index in [-0.39, 0.29) is 11.8 Å². The van der Waals surface area contributed by atoms with Crippen LogP contribution < -0.4 is 10.2 Å². The molecule has 0 atom stereocenters. The van der Waals surface area contributed by atoms with E-state index in [0.717, 1.165) is 41.7 Å². The van der Waals surface area contributed by atoms with E-state index in [2.05, 4.69) is 5.32 Å².